The van der Waals surface area contributed by atoms with Gasteiger partial charge in [0.15, 0.2) is 0 Å². The van der Waals surface area contributed by atoms with E-state index in [0.29, 0.717) is 6.07 Å². The summed E-state index contributed by atoms with van der Waals surface area (Å²) in [6.45, 7) is -3.43. The van der Waals surface area contributed by atoms with Crippen molar-refractivity contribution in [3.8, 4) is 5.75 Å². The molecule has 1 atom stereocenters. The van der Waals surface area contributed by atoms with E-state index in [1.165, 1.54) is 0 Å². The molecule has 0 bridgehead atoms. The molecule has 0 aromatic heterocycles. The minimum atomic E-state index is -4.84. The molecule has 2 N–H and O–H groups in total. The molecule has 1 aromatic carbocycles. The summed E-state index contributed by atoms with van der Waals surface area (Å²) in [5.41, 5.74) is -1.33. The first-order chi connectivity index (χ1) is 9.24. The van der Waals surface area contributed by atoms with Gasteiger partial charge in [-0.15, -0.1) is 11.6 Å². The lowest BCUT2D eigenvalue weighted by atomic mass is 10.1. The fourth-order valence-electron chi connectivity index (χ4n) is 1.35. The number of alkyl halides is 6. The fraction of sp³-hybridized carbons (Fsp3) is 0.455. The van der Waals surface area contributed by atoms with E-state index in [2.05, 4.69) is 10.1 Å². The lowest BCUT2D eigenvalue weighted by Crippen LogP contribution is -2.21. The van der Waals surface area contributed by atoms with Gasteiger partial charge < -0.3 is 15.2 Å². The summed E-state index contributed by atoms with van der Waals surface area (Å²) in [7, 11) is 0. The Hall–Kier alpha value is -1.28. The van der Waals surface area contributed by atoms with Crippen LogP contribution in [0.25, 0.3) is 0 Å². The highest BCUT2D eigenvalue weighted by Gasteiger charge is 2.35. The van der Waals surface area contributed by atoms with Crippen molar-refractivity contribution in [3.63, 3.8) is 0 Å². The summed E-state index contributed by atoms with van der Waals surface area (Å²) in [6.07, 6.45) is -5.78. The second-order valence-corrected chi connectivity index (χ2v) is 4.08. The molecule has 114 valence electrons. The molecule has 0 aliphatic carbocycles. The summed E-state index contributed by atoms with van der Waals surface area (Å²) < 4.78 is 66.1. The first kappa shape index (κ1) is 16.8. The number of anilines is 1. The number of benzene rings is 1. The van der Waals surface area contributed by atoms with Crippen LogP contribution in [0.3, 0.4) is 0 Å². The largest absolute Gasteiger partial charge is 0.434 e. The second-order valence-electron chi connectivity index (χ2n) is 3.78. The zero-order valence-corrected chi connectivity index (χ0v) is 10.7. The molecule has 9 heteroatoms. The zero-order valence-electron chi connectivity index (χ0n) is 9.92. The normalized spacial score (nSPS) is 13.4. The molecule has 1 rings (SSSR count). The Morgan fingerprint density at radius 1 is 1.30 bits per heavy atom. The minimum Gasteiger partial charge on any atom is -0.434 e. The van der Waals surface area contributed by atoms with Crippen molar-refractivity contribution < 1.29 is 31.8 Å². The fourth-order valence-corrected chi connectivity index (χ4v) is 1.46. The molecule has 1 unspecified atom stereocenters. The van der Waals surface area contributed by atoms with Gasteiger partial charge in [-0.25, -0.2) is 0 Å². The molecule has 0 saturated heterocycles. The van der Waals surface area contributed by atoms with Crippen molar-refractivity contribution in [3.05, 3.63) is 23.8 Å². The van der Waals surface area contributed by atoms with Gasteiger partial charge in [0.25, 0.3) is 0 Å². The highest BCUT2D eigenvalue weighted by molar-refractivity contribution is 6.18. The number of hydrogen-bond acceptors (Lipinski definition) is 3. The third-order valence-corrected chi connectivity index (χ3v) is 2.58. The molecule has 0 saturated carbocycles. The molecule has 0 heterocycles. The average Bonchev–Trinajstić information content (AvgIpc) is 2.35. The van der Waals surface area contributed by atoms with Crippen LogP contribution in [0.2, 0.25) is 0 Å². The van der Waals surface area contributed by atoms with Gasteiger partial charge in [-0.1, -0.05) is 0 Å². The highest BCUT2D eigenvalue weighted by Crippen LogP contribution is 2.38. The van der Waals surface area contributed by atoms with Gasteiger partial charge in [-0.3, -0.25) is 0 Å². The summed E-state index contributed by atoms with van der Waals surface area (Å²) in [4.78, 5) is 0. The molecule has 20 heavy (non-hydrogen) atoms. The highest BCUT2D eigenvalue weighted by atomic mass is 35.5. The third-order valence-electron chi connectivity index (χ3n) is 2.22. The molecular weight excluding hydrogens is 309 g/mol. The Labute approximate surface area is 116 Å². The molecule has 3 nitrogen and oxygen atoms in total. The Bertz CT molecular complexity index is 441. The van der Waals surface area contributed by atoms with Crippen molar-refractivity contribution in [2.45, 2.75) is 18.9 Å². The van der Waals surface area contributed by atoms with Gasteiger partial charge in [0.2, 0.25) is 0 Å². The van der Waals surface area contributed by atoms with Crippen LogP contribution >= 0.6 is 11.6 Å². The van der Waals surface area contributed by atoms with Gasteiger partial charge >= 0.3 is 12.8 Å². The first-order valence-electron chi connectivity index (χ1n) is 5.38. The van der Waals surface area contributed by atoms with E-state index in [1.54, 1.807) is 0 Å². The maximum atomic E-state index is 12.7. The van der Waals surface area contributed by atoms with Crippen LogP contribution in [0.15, 0.2) is 18.2 Å². The molecule has 0 fully saturated rings. The van der Waals surface area contributed by atoms with Crippen molar-refractivity contribution in [2.24, 2.45) is 0 Å². The Balaban J connectivity index is 2.96. The zero-order chi connectivity index (χ0) is 15.3. The van der Waals surface area contributed by atoms with E-state index in [9.17, 15) is 27.1 Å². The van der Waals surface area contributed by atoms with E-state index in [-0.39, 0.29) is 18.1 Å². The SMILES string of the molecule is OC(CCl)CNc1ccc(OC(F)F)c(C(F)(F)F)c1. The van der Waals surface area contributed by atoms with Crippen LogP contribution in [0.4, 0.5) is 27.6 Å². The van der Waals surface area contributed by atoms with E-state index in [4.69, 9.17) is 11.6 Å². The summed E-state index contributed by atoms with van der Waals surface area (Å²) in [5.74, 6) is -1.05. The lowest BCUT2D eigenvalue weighted by Gasteiger charge is -2.16. The van der Waals surface area contributed by atoms with Crippen LogP contribution in [-0.4, -0.2) is 30.2 Å². The van der Waals surface area contributed by atoms with Gasteiger partial charge in [-0.05, 0) is 18.2 Å². The standard InChI is InChI=1S/C11H11ClF5NO2/c12-4-7(19)5-18-6-1-2-9(20-10(13)14)8(3-6)11(15,16)17/h1-3,7,10,18-19H,4-5H2. The Morgan fingerprint density at radius 3 is 2.45 bits per heavy atom. The van der Waals surface area contributed by atoms with E-state index < -0.39 is 30.2 Å². The van der Waals surface area contributed by atoms with E-state index in [0.717, 1.165) is 12.1 Å². The van der Waals surface area contributed by atoms with E-state index >= 15 is 0 Å². The molecule has 0 aliphatic rings. The molecule has 0 amide bonds. The second kappa shape index (κ2) is 6.94. The number of ether oxygens (including phenoxy) is 1. The number of aliphatic hydroxyl groups is 1. The predicted molar refractivity (Wildman–Crippen MR) is 63.3 cm³/mol. The number of halogens is 6. The number of hydrogen-bond donors (Lipinski definition) is 2. The molecule has 0 spiro atoms. The predicted octanol–water partition coefficient (Wildman–Crippen LogP) is 3.32. The first-order valence-corrected chi connectivity index (χ1v) is 5.91. The number of nitrogens with one attached hydrogen (secondary N) is 1. The van der Waals surface area contributed by atoms with Crippen LogP contribution in [0.1, 0.15) is 5.56 Å². The van der Waals surface area contributed by atoms with Crippen LogP contribution in [0, 0.1) is 0 Å². The third kappa shape index (κ3) is 5.01. The van der Waals surface area contributed by atoms with Crippen molar-refractivity contribution in [2.75, 3.05) is 17.7 Å². The Kier molecular flexibility index (Phi) is 5.82. The summed E-state index contributed by atoms with van der Waals surface area (Å²) in [6, 6.07) is 2.54. The van der Waals surface area contributed by atoms with Crippen LogP contribution < -0.4 is 10.1 Å². The average molecular weight is 320 g/mol. The molecular formula is C11H11ClF5NO2. The minimum absolute atomic E-state index is 0.00288. The van der Waals surface area contributed by atoms with Crippen molar-refractivity contribution in [1.29, 1.82) is 0 Å². The molecule has 0 radical (unpaired) electrons. The summed E-state index contributed by atoms with van der Waals surface area (Å²) in [5, 5.41) is 11.7. The molecule has 0 aliphatic heterocycles. The maximum Gasteiger partial charge on any atom is 0.420 e. The van der Waals surface area contributed by atoms with Gasteiger partial charge in [0, 0.05) is 12.2 Å². The monoisotopic (exact) mass is 319 g/mol. The van der Waals surface area contributed by atoms with E-state index in [1.807, 2.05) is 0 Å². The smallest absolute Gasteiger partial charge is 0.420 e. The van der Waals surface area contributed by atoms with Gasteiger partial charge in [-0.2, -0.15) is 22.0 Å². The molecule has 1 aromatic rings. The topological polar surface area (TPSA) is 41.5 Å². The van der Waals surface area contributed by atoms with Gasteiger partial charge in [0.05, 0.1) is 17.5 Å². The van der Waals surface area contributed by atoms with Crippen molar-refractivity contribution in [1.82, 2.24) is 0 Å². The summed E-state index contributed by atoms with van der Waals surface area (Å²) >= 11 is 5.33. The van der Waals surface area contributed by atoms with Crippen molar-refractivity contribution >= 4 is 17.3 Å². The van der Waals surface area contributed by atoms with Crippen LogP contribution in [0.5, 0.6) is 5.75 Å². The van der Waals surface area contributed by atoms with Gasteiger partial charge in [0.1, 0.15) is 5.75 Å². The lowest BCUT2D eigenvalue weighted by molar-refractivity contribution is -0.141. The quantitative estimate of drug-likeness (QED) is 0.624. The maximum absolute atomic E-state index is 12.7. The Morgan fingerprint density at radius 2 is 1.95 bits per heavy atom. The number of rotatable bonds is 6. The van der Waals surface area contributed by atoms with Crippen LogP contribution in [-0.2, 0) is 6.18 Å². The number of aliphatic hydroxyl groups excluding tert-OH is 1.